The van der Waals surface area contributed by atoms with Gasteiger partial charge >= 0.3 is 0 Å². The number of phenolic OH excluding ortho intramolecular Hbond substituents is 1. The molecule has 150 valence electrons. The number of rotatable bonds is 9. The smallest absolute Gasteiger partial charge is 0.258 e. The van der Waals surface area contributed by atoms with E-state index in [2.05, 4.69) is 5.32 Å². The van der Waals surface area contributed by atoms with Gasteiger partial charge in [0.1, 0.15) is 17.3 Å². The molecule has 3 aromatic rings. The average molecular weight is 394 g/mol. The third kappa shape index (κ3) is 6.14. The van der Waals surface area contributed by atoms with Crippen LogP contribution in [0, 0.1) is 0 Å². The first-order valence-corrected chi connectivity index (χ1v) is 9.13. The van der Waals surface area contributed by atoms with Crippen LogP contribution in [0.15, 0.2) is 77.4 Å². The molecule has 0 aliphatic heterocycles. The van der Waals surface area contributed by atoms with Gasteiger partial charge in [-0.3, -0.25) is 9.59 Å². The molecule has 29 heavy (non-hydrogen) atoms. The van der Waals surface area contributed by atoms with Crippen LogP contribution in [0.5, 0.6) is 11.5 Å². The van der Waals surface area contributed by atoms with Gasteiger partial charge in [-0.25, -0.2) is 0 Å². The molecule has 1 aromatic heterocycles. The number of aromatic hydroxyl groups is 1. The highest BCUT2D eigenvalue weighted by Gasteiger charge is 2.18. The minimum atomic E-state index is -0.400. The Morgan fingerprint density at radius 3 is 2.45 bits per heavy atom. The zero-order valence-corrected chi connectivity index (χ0v) is 15.8. The van der Waals surface area contributed by atoms with Crippen molar-refractivity contribution in [3.05, 3.63) is 84.3 Å². The molecule has 0 saturated carbocycles. The normalized spacial score (nSPS) is 10.3. The van der Waals surface area contributed by atoms with Gasteiger partial charge in [0.15, 0.2) is 6.61 Å². The standard InChI is InChI=1S/C22H22N2O5/c25-20-11-5-4-7-17(20)14-24(15-19-10-6-12-28-19)22(27)13-23-21(26)16-29-18-8-2-1-3-9-18/h1-12,25H,13-16H2,(H,23,26). The maximum Gasteiger partial charge on any atom is 0.258 e. The SMILES string of the molecule is O=C(COc1ccccc1)NCC(=O)N(Cc1ccco1)Cc1ccccc1O. The van der Waals surface area contributed by atoms with Crippen molar-refractivity contribution in [2.45, 2.75) is 13.1 Å². The van der Waals surface area contributed by atoms with Crippen molar-refractivity contribution in [2.24, 2.45) is 0 Å². The molecule has 1 heterocycles. The van der Waals surface area contributed by atoms with Gasteiger partial charge in [0, 0.05) is 12.1 Å². The average Bonchev–Trinajstić information content (AvgIpc) is 3.25. The molecule has 2 aromatic carbocycles. The lowest BCUT2D eigenvalue weighted by Gasteiger charge is -2.22. The van der Waals surface area contributed by atoms with Crippen LogP contribution in [-0.2, 0) is 22.7 Å². The molecule has 0 aliphatic carbocycles. The van der Waals surface area contributed by atoms with E-state index in [1.54, 1.807) is 48.5 Å². The number of para-hydroxylation sites is 2. The molecule has 0 bridgehead atoms. The fraction of sp³-hybridized carbons (Fsp3) is 0.182. The molecule has 7 nitrogen and oxygen atoms in total. The number of carbonyl (C=O) groups excluding carboxylic acids is 2. The number of nitrogens with zero attached hydrogens (tertiary/aromatic N) is 1. The summed E-state index contributed by atoms with van der Waals surface area (Å²) in [6.45, 7) is 0.0272. The number of ether oxygens (including phenoxy) is 1. The summed E-state index contributed by atoms with van der Waals surface area (Å²) in [5, 5.41) is 12.6. The Morgan fingerprint density at radius 1 is 0.966 bits per heavy atom. The molecule has 0 saturated heterocycles. The summed E-state index contributed by atoms with van der Waals surface area (Å²) in [7, 11) is 0. The predicted octanol–water partition coefficient (Wildman–Crippen LogP) is 2.71. The van der Waals surface area contributed by atoms with Crippen molar-refractivity contribution >= 4 is 11.8 Å². The van der Waals surface area contributed by atoms with E-state index in [1.807, 2.05) is 18.2 Å². The monoisotopic (exact) mass is 394 g/mol. The Hall–Kier alpha value is -3.74. The van der Waals surface area contributed by atoms with Crippen LogP contribution in [0.2, 0.25) is 0 Å². The molecule has 3 rings (SSSR count). The summed E-state index contributed by atoms with van der Waals surface area (Å²) in [5.74, 6) is 0.575. The third-order valence-electron chi connectivity index (χ3n) is 4.18. The van der Waals surface area contributed by atoms with Crippen molar-refractivity contribution in [3.8, 4) is 11.5 Å². The van der Waals surface area contributed by atoms with Gasteiger partial charge in [0.05, 0.1) is 19.4 Å². The Labute approximate surface area is 168 Å². The minimum Gasteiger partial charge on any atom is -0.508 e. The van der Waals surface area contributed by atoms with E-state index in [0.29, 0.717) is 17.1 Å². The highest BCUT2D eigenvalue weighted by Crippen LogP contribution is 2.19. The number of hydrogen-bond acceptors (Lipinski definition) is 5. The van der Waals surface area contributed by atoms with Crippen LogP contribution >= 0.6 is 0 Å². The number of amides is 2. The number of carbonyl (C=O) groups is 2. The molecule has 2 N–H and O–H groups in total. The van der Waals surface area contributed by atoms with Gasteiger partial charge in [-0.1, -0.05) is 36.4 Å². The first-order valence-electron chi connectivity index (χ1n) is 9.13. The van der Waals surface area contributed by atoms with Crippen LogP contribution in [0.25, 0.3) is 0 Å². The van der Waals surface area contributed by atoms with Crippen molar-refractivity contribution in [3.63, 3.8) is 0 Å². The number of phenols is 1. The van der Waals surface area contributed by atoms with Crippen molar-refractivity contribution in [1.29, 1.82) is 0 Å². The van der Waals surface area contributed by atoms with Gasteiger partial charge in [-0.15, -0.1) is 0 Å². The second-order valence-corrected chi connectivity index (χ2v) is 6.34. The zero-order valence-electron chi connectivity index (χ0n) is 15.8. The maximum absolute atomic E-state index is 12.7. The van der Waals surface area contributed by atoms with Crippen molar-refractivity contribution in [2.75, 3.05) is 13.2 Å². The lowest BCUT2D eigenvalue weighted by atomic mass is 10.2. The Bertz CT molecular complexity index is 925. The van der Waals surface area contributed by atoms with Crippen LogP contribution in [0.1, 0.15) is 11.3 Å². The molecule has 0 unspecified atom stereocenters. The fourth-order valence-electron chi connectivity index (χ4n) is 2.68. The van der Waals surface area contributed by atoms with E-state index in [9.17, 15) is 14.7 Å². The van der Waals surface area contributed by atoms with E-state index >= 15 is 0 Å². The first kappa shape index (κ1) is 20.0. The van der Waals surface area contributed by atoms with E-state index in [1.165, 1.54) is 11.2 Å². The van der Waals surface area contributed by atoms with Gasteiger partial charge in [-0.2, -0.15) is 0 Å². The summed E-state index contributed by atoms with van der Waals surface area (Å²) in [6, 6.07) is 19.3. The molecule has 0 fully saturated rings. The van der Waals surface area contributed by atoms with Crippen LogP contribution < -0.4 is 10.1 Å². The molecule has 7 heteroatoms. The third-order valence-corrected chi connectivity index (χ3v) is 4.18. The van der Waals surface area contributed by atoms with Crippen LogP contribution in [0.3, 0.4) is 0 Å². The summed E-state index contributed by atoms with van der Waals surface area (Å²) < 4.78 is 10.7. The largest absolute Gasteiger partial charge is 0.508 e. The zero-order chi connectivity index (χ0) is 20.5. The quantitative estimate of drug-likeness (QED) is 0.582. The Balaban J connectivity index is 1.57. The van der Waals surface area contributed by atoms with Crippen molar-refractivity contribution in [1.82, 2.24) is 10.2 Å². The fourth-order valence-corrected chi connectivity index (χ4v) is 2.68. The lowest BCUT2D eigenvalue weighted by Crippen LogP contribution is -2.41. The molecule has 2 amide bonds. The van der Waals surface area contributed by atoms with Gasteiger partial charge in [0.25, 0.3) is 5.91 Å². The number of hydrogen-bond donors (Lipinski definition) is 2. The predicted molar refractivity (Wildman–Crippen MR) is 106 cm³/mol. The van der Waals surface area contributed by atoms with E-state index < -0.39 is 5.91 Å². The number of furan rings is 1. The molecular weight excluding hydrogens is 372 g/mol. The Kier molecular flexibility index (Phi) is 6.89. The van der Waals surface area contributed by atoms with Gasteiger partial charge < -0.3 is 24.5 Å². The highest BCUT2D eigenvalue weighted by atomic mass is 16.5. The van der Waals surface area contributed by atoms with Gasteiger partial charge in [-0.05, 0) is 30.3 Å². The molecule has 0 spiro atoms. The molecule has 0 atom stereocenters. The molecular formula is C22H22N2O5. The first-order chi connectivity index (χ1) is 14.1. The second-order valence-electron chi connectivity index (χ2n) is 6.34. The van der Waals surface area contributed by atoms with Crippen LogP contribution in [0.4, 0.5) is 0 Å². The molecule has 0 aliphatic rings. The topological polar surface area (TPSA) is 92.0 Å². The molecule has 0 radical (unpaired) electrons. The van der Waals surface area contributed by atoms with E-state index in [4.69, 9.17) is 9.15 Å². The second kappa shape index (κ2) is 9.98. The summed E-state index contributed by atoms with van der Waals surface area (Å²) in [5.41, 5.74) is 0.603. The van der Waals surface area contributed by atoms with Crippen LogP contribution in [-0.4, -0.2) is 35.0 Å². The lowest BCUT2D eigenvalue weighted by molar-refractivity contribution is -0.134. The van der Waals surface area contributed by atoms with E-state index in [-0.39, 0.29) is 37.9 Å². The summed E-state index contributed by atoms with van der Waals surface area (Å²) in [6.07, 6.45) is 1.53. The number of benzene rings is 2. The maximum atomic E-state index is 12.7. The van der Waals surface area contributed by atoms with E-state index in [0.717, 1.165) is 0 Å². The summed E-state index contributed by atoms with van der Waals surface area (Å²) >= 11 is 0. The number of nitrogens with one attached hydrogen (secondary N) is 1. The van der Waals surface area contributed by atoms with Gasteiger partial charge in [0.2, 0.25) is 5.91 Å². The summed E-state index contributed by atoms with van der Waals surface area (Å²) in [4.78, 5) is 26.2. The highest BCUT2D eigenvalue weighted by molar-refractivity contribution is 5.85. The Morgan fingerprint density at radius 2 is 1.72 bits per heavy atom. The van der Waals surface area contributed by atoms with Crippen molar-refractivity contribution < 1.29 is 23.8 Å². The minimum absolute atomic E-state index is 0.102.